The molecule has 15 heavy (non-hydrogen) atoms. The van der Waals surface area contributed by atoms with Gasteiger partial charge in [-0.3, -0.25) is 0 Å². The Kier molecular flexibility index (Phi) is 2.63. The highest BCUT2D eigenvalue weighted by Gasteiger charge is 2.55. The maximum atomic E-state index is 4.50. The van der Waals surface area contributed by atoms with Crippen molar-refractivity contribution in [2.45, 2.75) is 52.1 Å². The Bertz CT molecular complexity index is 327. The Labute approximate surface area is 96.1 Å². The predicted molar refractivity (Wildman–Crippen MR) is 65.1 cm³/mol. The molecule has 1 fully saturated rings. The fourth-order valence-electron chi connectivity index (χ4n) is 2.23. The number of rotatable bonds is 4. The predicted octanol–water partition coefficient (Wildman–Crippen LogP) is 3.16. The maximum absolute atomic E-state index is 4.50. The molecule has 1 aromatic rings. The van der Waals surface area contributed by atoms with Crippen molar-refractivity contribution in [3.8, 4) is 0 Å². The van der Waals surface area contributed by atoms with Crippen molar-refractivity contribution in [1.29, 1.82) is 0 Å². The summed E-state index contributed by atoms with van der Waals surface area (Å²) in [6, 6.07) is 0.497. The third kappa shape index (κ3) is 1.83. The van der Waals surface area contributed by atoms with Gasteiger partial charge in [0, 0.05) is 17.6 Å². The van der Waals surface area contributed by atoms with E-state index >= 15 is 0 Å². The van der Waals surface area contributed by atoms with Crippen LogP contribution in [0, 0.1) is 5.41 Å². The van der Waals surface area contributed by atoms with Crippen molar-refractivity contribution < 1.29 is 0 Å². The van der Waals surface area contributed by atoms with E-state index in [1.54, 1.807) is 11.3 Å². The largest absolute Gasteiger partial charge is 0.303 e. The number of thiazole rings is 1. The van der Waals surface area contributed by atoms with Crippen LogP contribution in [0.5, 0.6) is 0 Å². The summed E-state index contributed by atoms with van der Waals surface area (Å²) in [4.78, 5) is 4.50. The fourth-order valence-corrected chi connectivity index (χ4v) is 3.14. The Balaban J connectivity index is 2.31. The van der Waals surface area contributed by atoms with E-state index in [-0.39, 0.29) is 5.54 Å². The third-order valence-electron chi connectivity index (χ3n) is 3.64. The van der Waals surface area contributed by atoms with Crippen molar-refractivity contribution in [2.24, 2.45) is 5.41 Å². The standard InChI is InChI=1S/C12H20N2S/c1-9(2)14-12(4,11(3)5-6-11)10-13-7-8-15-10/h7-9,14H,5-6H2,1-4H3. The topological polar surface area (TPSA) is 24.9 Å². The molecule has 1 aromatic heterocycles. The van der Waals surface area contributed by atoms with Crippen molar-refractivity contribution >= 4 is 11.3 Å². The molecule has 2 rings (SSSR count). The van der Waals surface area contributed by atoms with Crippen LogP contribution in [0.15, 0.2) is 11.6 Å². The van der Waals surface area contributed by atoms with E-state index in [0.29, 0.717) is 11.5 Å². The molecule has 1 saturated carbocycles. The summed E-state index contributed by atoms with van der Waals surface area (Å²) in [6.07, 6.45) is 4.53. The van der Waals surface area contributed by atoms with Crippen LogP contribution in [0.1, 0.15) is 45.5 Å². The van der Waals surface area contributed by atoms with Gasteiger partial charge in [-0.05, 0) is 39.0 Å². The van der Waals surface area contributed by atoms with Crippen LogP contribution in [0.4, 0.5) is 0 Å². The number of hydrogen-bond acceptors (Lipinski definition) is 3. The molecule has 0 saturated heterocycles. The molecule has 0 bridgehead atoms. The Morgan fingerprint density at radius 1 is 1.53 bits per heavy atom. The molecule has 1 aliphatic carbocycles. The summed E-state index contributed by atoms with van der Waals surface area (Å²) in [5.41, 5.74) is 0.449. The van der Waals surface area contributed by atoms with Gasteiger partial charge in [0.2, 0.25) is 0 Å². The average molecular weight is 224 g/mol. The molecule has 0 aliphatic heterocycles. The Morgan fingerprint density at radius 3 is 2.60 bits per heavy atom. The molecule has 1 heterocycles. The lowest BCUT2D eigenvalue weighted by molar-refractivity contribution is 0.208. The number of nitrogens with zero attached hydrogens (tertiary/aromatic N) is 1. The van der Waals surface area contributed by atoms with Crippen LogP contribution in [0.25, 0.3) is 0 Å². The van der Waals surface area contributed by atoms with Crippen LogP contribution in [-0.2, 0) is 5.54 Å². The summed E-state index contributed by atoms with van der Waals surface area (Å²) in [7, 11) is 0. The van der Waals surface area contributed by atoms with Crippen LogP contribution >= 0.6 is 11.3 Å². The maximum Gasteiger partial charge on any atom is 0.113 e. The van der Waals surface area contributed by atoms with Crippen LogP contribution in [-0.4, -0.2) is 11.0 Å². The summed E-state index contributed by atoms with van der Waals surface area (Å²) in [5.74, 6) is 0. The summed E-state index contributed by atoms with van der Waals surface area (Å²) in [5, 5.41) is 7.01. The molecule has 0 radical (unpaired) electrons. The lowest BCUT2D eigenvalue weighted by atomic mass is 9.83. The summed E-state index contributed by atoms with van der Waals surface area (Å²) in [6.45, 7) is 9.08. The van der Waals surface area contributed by atoms with Crippen LogP contribution in [0.3, 0.4) is 0 Å². The first-order chi connectivity index (χ1) is 6.98. The number of aromatic nitrogens is 1. The minimum absolute atomic E-state index is 0.0509. The zero-order valence-electron chi connectivity index (χ0n) is 10.0. The highest BCUT2D eigenvalue weighted by Crippen LogP contribution is 2.58. The minimum Gasteiger partial charge on any atom is -0.303 e. The molecule has 0 aromatic carbocycles. The Morgan fingerprint density at radius 2 is 2.20 bits per heavy atom. The molecule has 0 amide bonds. The van der Waals surface area contributed by atoms with Gasteiger partial charge in [0.25, 0.3) is 0 Å². The highest BCUT2D eigenvalue weighted by atomic mass is 32.1. The first-order valence-corrected chi connectivity index (χ1v) is 6.54. The zero-order valence-corrected chi connectivity index (χ0v) is 10.8. The SMILES string of the molecule is CC(C)NC(C)(c1nccs1)C1(C)CC1. The number of nitrogens with one attached hydrogen (secondary N) is 1. The monoisotopic (exact) mass is 224 g/mol. The van der Waals surface area contributed by atoms with E-state index in [9.17, 15) is 0 Å². The number of hydrogen-bond donors (Lipinski definition) is 1. The molecule has 1 aliphatic rings. The molecular weight excluding hydrogens is 204 g/mol. The van der Waals surface area contributed by atoms with Crippen molar-refractivity contribution in [3.05, 3.63) is 16.6 Å². The van der Waals surface area contributed by atoms with E-state index < -0.39 is 0 Å². The molecule has 0 spiro atoms. The second kappa shape index (κ2) is 3.56. The van der Waals surface area contributed by atoms with Crippen LogP contribution < -0.4 is 5.32 Å². The van der Waals surface area contributed by atoms with Crippen molar-refractivity contribution in [2.75, 3.05) is 0 Å². The normalized spacial score (nSPS) is 22.7. The van der Waals surface area contributed by atoms with Gasteiger partial charge >= 0.3 is 0 Å². The molecule has 3 heteroatoms. The first kappa shape index (κ1) is 11.1. The summed E-state index contributed by atoms with van der Waals surface area (Å²) < 4.78 is 0. The molecule has 1 N–H and O–H groups in total. The molecule has 1 atom stereocenters. The van der Waals surface area contributed by atoms with Gasteiger partial charge in [-0.1, -0.05) is 6.92 Å². The summed E-state index contributed by atoms with van der Waals surface area (Å²) >= 11 is 1.77. The lowest BCUT2D eigenvalue weighted by Crippen LogP contribution is -2.49. The smallest absolute Gasteiger partial charge is 0.113 e. The minimum atomic E-state index is 0.0509. The second-order valence-electron chi connectivity index (χ2n) is 5.32. The lowest BCUT2D eigenvalue weighted by Gasteiger charge is -2.37. The van der Waals surface area contributed by atoms with E-state index in [1.165, 1.54) is 17.8 Å². The van der Waals surface area contributed by atoms with Crippen molar-refractivity contribution in [1.82, 2.24) is 10.3 Å². The third-order valence-corrected chi connectivity index (χ3v) is 4.64. The van der Waals surface area contributed by atoms with Gasteiger partial charge in [0.05, 0.1) is 5.54 Å². The molecule has 1 unspecified atom stereocenters. The first-order valence-electron chi connectivity index (χ1n) is 5.66. The van der Waals surface area contributed by atoms with Gasteiger partial charge in [-0.2, -0.15) is 0 Å². The van der Waals surface area contributed by atoms with Gasteiger partial charge in [-0.25, -0.2) is 4.98 Å². The van der Waals surface area contributed by atoms with E-state index in [0.717, 1.165) is 0 Å². The second-order valence-corrected chi connectivity index (χ2v) is 6.22. The quantitative estimate of drug-likeness (QED) is 0.850. The Hall–Kier alpha value is -0.410. The molecule has 84 valence electrons. The van der Waals surface area contributed by atoms with E-state index in [1.807, 2.05) is 6.20 Å². The van der Waals surface area contributed by atoms with Gasteiger partial charge in [0.15, 0.2) is 0 Å². The molecule has 2 nitrogen and oxygen atoms in total. The van der Waals surface area contributed by atoms with Gasteiger partial charge in [0.1, 0.15) is 5.01 Å². The highest BCUT2D eigenvalue weighted by molar-refractivity contribution is 7.09. The average Bonchev–Trinajstić information content (AvgIpc) is 2.68. The molecular formula is C12H20N2S. The van der Waals surface area contributed by atoms with Gasteiger partial charge < -0.3 is 5.32 Å². The van der Waals surface area contributed by atoms with Crippen LogP contribution in [0.2, 0.25) is 0 Å². The van der Waals surface area contributed by atoms with E-state index in [2.05, 4.69) is 43.4 Å². The van der Waals surface area contributed by atoms with Crippen molar-refractivity contribution in [3.63, 3.8) is 0 Å². The zero-order chi connectivity index (χ0) is 11.1. The van der Waals surface area contributed by atoms with E-state index in [4.69, 9.17) is 0 Å². The van der Waals surface area contributed by atoms with Gasteiger partial charge in [-0.15, -0.1) is 11.3 Å². The fraction of sp³-hybridized carbons (Fsp3) is 0.750.